The molecule has 0 saturated carbocycles. The van der Waals surface area contributed by atoms with E-state index in [-0.39, 0.29) is 5.78 Å². The Kier molecular flexibility index (Phi) is 2.77. The van der Waals surface area contributed by atoms with Gasteiger partial charge in [-0.25, -0.2) is 0 Å². The van der Waals surface area contributed by atoms with Gasteiger partial charge in [0.25, 0.3) is 0 Å². The largest absolute Gasteiger partial charge is 0.329 e. The van der Waals surface area contributed by atoms with Crippen LogP contribution in [0.3, 0.4) is 0 Å². The van der Waals surface area contributed by atoms with E-state index in [4.69, 9.17) is 0 Å². The number of aryl methyl sites for hydroxylation is 1. The third-order valence-corrected chi connectivity index (χ3v) is 2.92. The van der Waals surface area contributed by atoms with Crippen molar-refractivity contribution < 1.29 is 4.79 Å². The van der Waals surface area contributed by atoms with Crippen LogP contribution in [0.5, 0.6) is 0 Å². The molecule has 1 aliphatic rings. The molecule has 74 valence electrons. The van der Waals surface area contributed by atoms with Gasteiger partial charge in [0.2, 0.25) is 0 Å². The van der Waals surface area contributed by atoms with Crippen molar-refractivity contribution in [1.82, 2.24) is 0 Å². The van der Waals surface area contributed by atoms with Crippen LogP contribution in [0.15, 0.2) is 18.2 Å². The van der Waals surface area contributed by atoms with Crippen LogP contribution in [-0.2, 0) is 6.42 Å². The fourth-order valence-corrected chi connectivity index (χ4v) is 2.29. The van der Waals surface area contributed by atoms with Crippen LogP contribution in [0.1, 0.15) is 28.8 Å². The number of fused-ring (bicyclic) bond motifs is 1. The Hall–Kier alpha value is -0.960. The summed E-state index contributed by atoms with van der Waals surface area (Å²) in [4.78, 5) is 11.7. The van der Waals surface area contributed by atoms with E-state index in [1.165, 1.54) is 17.5 Å². The third kappa shape index (κ3) is 1.64. The molecule has 2 rings (SSSR count). The summed E-state index contributed by atoms with van der Waals surface area (Å²) in [5.41, 5.74) is 3.08. The van der Waals surface area contributed by atoms with E-state index in [1.807, 2.05) is 18.4 Å². The number of Topliss-reactive ketones (excluding diaryl/α,β-unsaturated/α-hetero) is 1. The minimum absolute atomic E-state index is 0.281. The molecule has 0 aliphatic heterocycles. The Bertz CT molecular complexity index is 362. The van der Waals surface area contributed by atoms with Gasteiger partial charge in [0.05, 0.1) is 5.69 Å². The van der Waals surface area contributed by atoms with Crippen molar-refractivity contribution in [3.8, 4) is 0 Å². The van der Waals surface area contributed by atoms with Crippen LogP contribution >= 0.6 is 11.9 Å². The number of hydrogen-bond donors (Lipinski definition) is 1. The zero-order valence-corrected chi connectivity index (χ0v) is 8.99. The number of nitrogens with one attached hydrogen (secondary N) is 1. The Labute approximate surface area is 88.2 Å². The van der Waals surface area contributed by atoms with Crippen LogP contribution in [0, 0.1) is 0 Å². The number of ketones is 1. The number of carbonyl (C=O) groups excluding carboxylic acids is 1. The van der Waals surface area contributed by atoms with Gasteiger partial charge in [-0.15, -0.1) is 0 Å². The molecule has 1 aromatic carbocycles. The summed E-state index contributed by atoms with van der Waals surface area (Å²) in [5.74, 6) is 0.281. The molecule has 3 heteroatoms. The van der Waals surface area contributed by atoms with Gasteiger partial charge in [0.15, 0.2) is 5.78 Å². The molecule has 0 fully saturated rings. The highest BCUT2D eigenvalue weighted by molar-refractivity contribution is 7.99. The van der Waals surface area contributed by atoms with Gasteiger partial charge >= 0.3 is 0 Å². The zero-order chi connectivity index (χ0) is 9.97. The molecule has 0 atom stereocenters. The first-order valence-corrected chi connectivity index (χ1v) is 5.99. The highest BCUT2D eigenvalue weighted by Gasteiger charge is 2.19. The lowest BCUT2D eigenvalue weighted by Gasteiger charge is -2.18. The monoisotopic (exact) mass is 207 g/mol. The third-order valence-electron chi connectivity index (χ3n) is 2.49. The van der Waals surface area contributed by atoms with Gasteiger partial charge in [0.1, 0.15) is 0 Å². The highest BCUT2D eigenvalue weighted by Crippen LogP contribution is 2.28. The molecular formula is C11H13NOS. The van der Waals surface area contributed by atoms with E-state index in [0.717, 1.165) is 24.1 Å². The number of carbonyl (C=O) groups is 1. The van der Waals surface area contributed by atoms with Gasteiger partial charge in [-0.05, 0) is 24.5 Å². The summed E-state index contributed by atoms with van der Waals surface area (Å²) in [5, 5.41) is 0. The summed E-state index contributed by atoms with van der Waals surface area (Å²) < 4.78 is 3.16. The van der Waals surface area contributed by atoms with Crippen molar-refractivity contribution in [3.05, 3.63) is 29.3 Å². The Morgan fingerprint density at radius 3 is 3.00 bits per heavy atom. The molecule has 0 spiro atoms. The number of benzene rings is 1. The smallest absolute Gasteiger partial charge is 0.165 e. The maximum absolute atomic E-state index is 11.7. The van der Waals surface area contributed by atoms with E-state index in [1.54, 1.807) is 0 Å². The maximum Gasteiger partial charge on any atom is 0.165 e. The van der Waals surface area contributed by atoms with Crippen molar-refractivity contribution in [3.63, 3.8) is 0 Å². The lowest BCUT2D eigenvalue weighted by molar-refractivity contribution is 0.0973. The van der Waals surface area contributed by atoms with E-state index < -0.39 is 0 Å². The molecule has 0 unspecified atom stereocenters. The lowest BCUT2D eigenvalue weighted by atomic mass is 9.89. The summed E-state index contributed by atoms with van der Waals surface area (Å²) >= 11 is 1.53. The minimum atomic E-state index is 0.281. The average molecular weight is 207 g/mol. The molecule has 1 aromatic rings. The van der Waals surface area contributed by atoms with Gasteiger partial charge in [-0.1, -0.05) is 24.1 Å². The van der Waals surface area contributed by atoms with E-state index in [0.29, 0.717) is 6.42 Å². The highest BCUT2D eigenvalue weighted by atomic mass is 32.2. The molecule has 2 nitrogen and oxygen atoms in total. The summed E-state index contributed by atoms with van der Waals surface area (Å²) in [7, 11) is 0. The van der Waals surface area contributed by atoms with Gasteiger partial charge in [0, 0.05) is 18.2 Å². The van der Waals surface area contributed by atoms with E-state index >= 15 is 0 Å². The molecule has 0 bridgehead atoms. The van der Waals surface area contributed by atoms with Crippen molar-refractivity contribution in [1.29, 1.82) is 0 Å². The zero-order valence-electron chi connectivity index (χ0n) is 8.17. The summed E-state index contributed by atoms with van der Waals surface area (Å²) in [6.45, 7) is 0. The molecule has 0 amide bonds. The van der Waals surface area contributed by atoms with E-state index in [9.17, 15) is 4.79 Å². The summed E-state index contributed by atoms with van der Waals surface area (Å²) in [6.07, 6.45) is 4.69. The Balaban J connectivity index is 2.46. The van der Waals surface area contributed by atoms with Crippen LogP contribution in [0.2, 0.25) is 0 Å². The maximum atomic E-state index is 11.7. The van der Waals surface area contributed by atoms with Crippen LogP contribution in [-0.4, -0.2) is 12.0 Å². The van der Waals surface area contributed by atoms with Crippen molar-refractivity contribution in [2.75, 3.05) is 11.0 Å². The fourth-order valence-electron chi connectivity index (χ4n) is 1.90. The first kappa shape index (κ1) is 9.59. The quantitative estimate of drug-likeness (QED) is 0.756. The molecule has 14 heavy (non-hydrogen) atoms. The SMILES string of the molecule is CSNc1cccc2c1C(=O)CCC2. The normalized spacial score (nSPS) is 15.1. The van der Waals surface area contributed by atoms with Crippen LogP contribution in [0.25, 0.3) is 0 Å². The lowest BCUT2D eigenvalue weighted by Crippen LogP contribution is -2.12. The second kappa shape index (κ2) is 4.05. The fraction of sp³-hybridized carbons (Fsp3) is 0.364. The van der Waals surface area contributed by atoms with Crippen molar-refractivity contribution in [2.45, 2.75) is 19.3 Å². The minimum Gasteiger partial charge on any atom is -0.329 e. The first-order chi connectivity index (χ1) is 6.83. The molecule has 0 radical (unpaired) electrons. The predicted molar refractivity (Wildman–Crippen MR) is 60.8 cm³/mol. The first-order valence-electron chi connectivity index (χ1n) is 4.77. The van der Waals surface area contributed by atoms with Crippen molar-refractivity contribution >= 4 is 23.4 Å². The number of hydrogen-bond acceptors (Lipinski definition) is 3. The van der Waals surface area contributed by atoms with Crippen LogP contribution in [0.4, 0.5) is 5.69 Å². The van der Waals surface area contributed by atoms with Crippen LogP contribution < -0.4 is 4.72 Å². The summed E-state index contributed by atoms with van der Waals surface area (Å²) in [6, 6.07) is 6.03. The Morgan fingerprint density at radius 1 is 1.36 bits per heavy atom. The molecule has 0 heterocycles. The predicted octanol–water partition coefficient (Wildman–Crippen LogP) is 2.90. The molecular weight excluding hydrogens is 194 g/mol. The number of rotatable bonds is 2. The van der Waals surface area contributed by atoms with Gasteiger partial charge < -0.3 is 4.72 Å². The van der Waals surface area contributed by atoms with Gasteiger partial charge in [-0.2, -0.15) is 0 Å². The van der Waals surface area contributed by atoms with Crippen molar-refractivity contribution in [2.24, 2.45) is 0 Å². The van der Waals surface area contributed by atoms with Gasteiger partial charge in [-0.3, -0.25) is 4.79 Å². The molecule has 0 aromatic heterocycles. The topological polar surface area (TPSA) is 29.1 Å². The second-order valence-corrected chi connectivity index (χ2v) is 4.03. The second-order valence-electron chi connectivity index (χ2n) is 3.42. The molecule has 1 N–H and O–H groups in total. The molecule has 1 aliphatic carbocycles. The Morgan fingerprint density at radius 2 is 2.21 bits per heavy atom. The van der Waals surface area contributed by atoms with E-state index in [2.05, 4.69) is 10.8 Å². The average Bonchev–Trinajstić information content (AvgIpc) is 2.19. The molecule has 0 saturated heterocycles. The number of anilines is 1. The standard InChI is InChI=1S/C11H13NOS/c1-14-12-9-6-2-4-8-5-3-7-10(13)11(8)9/h2,4,6,12H,3,5,7H2,1H3.